The highest BCUT2D eigenvalue weighted by Crippen LogP contribution is 2.33. The number of hydrogen-bond acceptors (Lipinski definition) is 7. The topological polar surface area (TPSA) is 76.6 Å². The van der Waals surface area contributed by atoms with Gasteiger partial charge in [-0.25, -0.2) is 9.78 Å². The largest absolute Gasteiger partial charge is 0.452 e. The van der Waals surface area contributed by atoms with Crippen LogP contribution in [0, 0.1) is 0 Å². The third kappa shape index (κ3) is 4.17. The van der Waals surface area contributed by atoms with Crippen molar-refractivity contribution in [3.63, 3.8) is 0 Å². The molecule has 0 fully saturated rings. The van der Waals surface area contributed by atoms with Crippen LogP contribution in [-0.2, 0) is 11.3 Å². The average Bonchev–Trinajstić information content (AvgIpc) is 3.16. The molecular formula is C23H27N5O3. The second-order valence-corrected chi connectivity index (χ2v) is 7.79. The Balaban J connectivity index is 1.80. The number of nitrogens with zero attached hydrogens (tertiary/aromatic N) is 5. The van der Waals surface area contributed by atoms with Gasteiger partial charge in [0, 0.05) is 44.4 Å². The number of furan rings is 1. The number of ether oxygens (including phenoxy) is 1. The van der Waals surface area contributed by atoms with Gasteiger partial charge in [-0.15, -0.1) is 0 Å². The van der Waals surface area contributed by atoms with Crippen LogP contribution < -0.4 is 10.6 Å². The standard InChI is InChI=1S/C23H27N5O3/c1-26(2)11-12-27(3)19-10-9-16(15-24-19)20-22-21(17-7-5-6-8-18(17)31-22)28(13-14-30-4)23(29)25-20/h5-10,15H,11-14H2,1-4H3. The minimum absolute atomic E-state index is 0.335. The molecule has 0 aliphatic carbocycles. The lowest BCUT2D eigenvalue weighted by Gasteiger charge is -2.20. The molecule has 4 aromatic rings. The van der Waals surface area contributed by atoms with Gasteiger partial charge in [-0.3, -0.25) is 4.57 Å². The smallest absolute Gasteiger partial charge is 0.348 e. The Bertz CT molecular complexity index is 1240. The molecule has 3 aromatic heterocycles. The minimum Gasteiger partial charge on any atom is -0.452 e. The minimum atomic E-state index is -0.335. The molecule has 4 rings (SSSR count). The summed E-state index contributed by atoms with van der Waals surface area (Å²) in [5.41, 5.74) is 2.93. The van der Waals surface area contributed by atoms with Crippen molar-refractivity contribution >= 4 is 27.9 Å². The molecule has 162 valence electrons. The van der Waals surface area contributed by atoms with Crippen molar-refractivity contribution in [1.29, 1.82) is 0 Å². The highest BCUT2D eigenvalue weighted by molar-refractivity contribution is 6.06. The third-order valence-electron chi connectivity index (χ3n) is 5.31. The Labute approximate surface area is 180 Å². The van der Waals surface area contributed by atoms with E-state index in [2.05, 4.69) is 19.8 Å². The van der Waals surface area contributed by atoms with Crippen molar-refractivity contribution in [3.05, 3.63) is 53.1 Å². The van der Waals surface area contributed by atoms with E-state index in [-0.39, 0.29) is 5.69 Å². The number of anilines is 1. The quantitative estimate of drug-likeness (QED) is 0.433. The number of rotatable bonds is 8. The number of fused-ring (bicyclic) bond motifs is 3. The molecule has 31 heavy (non-hydrogen) atoms. The fourth-order valence-corrected chi connectivity index (χ4v) is 3.56. The van der Waals surface area contributed by atoms with Gasteiger partial charge in [0.15, 0.2) is 5.58 Å². The normalized spacial score (nSPS) is 11.6. The zero-order chi connectivity index (χ0) is 22.0. The molecule has 0 atom stereocenters. The van der Waals surface area contributed by atoms with Gasteiger partial charge in [0.1, 0.15) is 22.6 Å². The summed E-state index contributed by atoms with van der Waals surface area (Å²) in [6.07, 6.45) is 1.75. The monoisotopic (exact) mass is 421 g/mol. The molecule has 0 aliphatic rings. The van der Waals surface area contributed by atoms with E-state index >= 15 is 0 Å². The van der Waals surface area contributed by atoms with Crippen LogP contribution in [0.5, 0.6) is 0 Å². The van der Waals surface area contributed by atoms with E-state index in [0.717, 1.165) is 35.4 Å². The molecule has 0 unspecified atom stereocenters. The number of hydrogen-bond donors (Lipinski definition) is 0. The molecule has 0 N–H and O–H groups in total. The van der Waals surface area contributed by atoms with Gasteiger partial charge >= 0.3 is 5.69 Å². The summed E-state index contributed by atoms with van der Waals surface area (Å²) in [5, 5.41) is 0.877. The van der Waals surface area contributed by atoms with E-state index in [0.29, 0.717) is 30.0 Å². The first-order valence-electron chi connectivity index (χ1n) is 10.2. The highest BCUT2D eigenvalue weighted by Gasteiger charge is 2.19. The Hall–Kier alpha value is -3.23. The highest BCUT2D eigenvalue weighted by atomic mass is 16.5. The van der Waals surface area contributed by atoms with Crippen LogP contribution in [0.1, 0.15) is 0 Å². The van der Waals surface area contributed by atoms with Crippen molar-refractivity contribution in [2.24, 2.45) is 0 Å². The Kier molecular flexibility index (Phi) is 6.01. The molecule has 3 heterocycles. The van der Waals surface area contributed by atoms with Gasteiger partial charge < -0.3 is 19.0 Å². The van der Waals surface area contributed by atoms with Crippen molar-refractivity contribution in [1.82, 2.24) is 19.4 Å². The van der Waals surface area contributed by atoms with Crippen LogP contribution in [0.15, 0.2) is 51.8 Å². The summed E-state index contributed by atoms with van der Waals surface area (Å²) in [5.74, 6) is 0.861. The van der Waals surface area contributed by atoms with Crippen LogP contribution in [0.25, 0.3) is 33.3 Å². The van der Waals surface area contributed by atoms with Crippen LogP contribution >= 0.6 is 0 Å². The van der Waals surface area contributed by atoms with Gasteiger partial charge in [-0.2, -0.15) is 4.98 Å². The Morgan fingerprint density at radius 1 is 1.10 bits per heavy atom. The second-order valence-electron chi connectivity index (χ2n) is 7.79. The maximum Gasteiger partial charge on any atom is 0.348 e. The molecule has 8 nitrogen and oxygen atoms in total. The number of aromatic nitrogens is 3. The van der Waals surface area contributed by atoms with Gasteiger partial charge in [0.25, 0.3) is 0 Å². The fraction of sp³-hybridized carbons (Fsp3) is 0.348. The lowest BCUT2D eigenvalue weighted by atomic mass is 10.1. The number of likely N-dealkylation sites (N-methyl/N-ethyl adjacent to an activating group) is 2. The van der Waals surface area contributed by atoms with Crippen molar-refractivity contribution in [2.45, 2.75) is 6.54 Å². The average molecular weight is 422 g/mol. The van der Waals surface area contributed by atoms with E-state index in [1.807, 2.05) is 57.5 Å². The molecule has 0 saturated heterocycles. The lowest BCUT2D eigenvalue weighted by molar-refractivity contribution is 0.187. The molecule has 0 saturated carbocycles. The van der Waals surface area contributed by atoms with Gasteiger partial charge in [0.2, 0.25) is 0 Å². The van der Waals surface area contributed by atoms with Gasteiger partial charge in [0.05, 0.1) is 13.2 Å². The summed E-state index contributed by atoms with van der Waals surface area (Å²) in [6.45, 7) is 2.60. The van der Waals surface area contributed by atoms with E-state index in [1.165, 1.54) is 0 Å². The lowest BCUT2D eigenvalue weighted by Crippen LogP contribution is -2.28. The van der Waals surface area contributed by atoms with Crippen LogP contribution in [0.4, 0.5) is 5.82 Å². The van der Waals surface area contributed by atoms with E-state index in [4.69, 9.17) is 9.15 Å². The van der Waals surface area contributed by atoms with Crippen molar-refractivity contribution in [2.75, 3.05) is 52.8 Å². The number of methoxy groups -OCH3 is 1. The van der Waals surface area contributed by atoms with Crippen molar-refractivity contribution < 1.29 is 9.15 Å². The van der Waals surface area contributed by atoms with Gasteiger partial charge in [-0.1, -0.05) is 12.1 Å². The summed E-state index contributed by atoms with van der Waals surface area (Å²) in [6, 6.07) is 11.6. The molecular weight excluding hydrogens is 394 g/mol. The molecule has 0 radical (unpaired) electrons. The summed E-state index contributed by atoms with van der Waals surface area (Å²) < 4.78 is 13.0. The SMILES string of the molecule is COCCn1c(=O)nc(-c2ccc(N(C)CCN(C)C)nc2)c2oc3ccccc3c21. The van der Waals surface area contributed by atoms with Gasteiger partial charge in [-0.05, 0) is 38.4 Å². The number of benzene rings is 1. The first kappa shape index (κ1) is 21.0. The van der Waals surface area contributed by atoms with Crippen LogP contribution in [0.3, 0.4) is 0 Å². The first-order chi connectivity index (χ1) is 15.0. The summed E-state index contributed by atoms with van der Waals surface area (Å²) in [4.78, 5) is 26.1. The zero-order valence-electron chi connectivity index (χ0n) is 18.3. The fourth-order valence-electron chi connectivity index (χ4n) is 3.56. The van der Waals surface area contributed by atoms with E-state index < -0.39 is 0 Å². The summed E-state index contributed by atoms with van der Waals surface area (Å²) in [7, 11) is 7.71. The predicted molar refractivity (Wildman–Crippen MR) is 123 cm³/mol. The maximum absolute atomic E-state index is 12.9. The Morgan fingerprint density at radius 3 is 2.61 bits per heavy atom. The number of pyridine rings is 1. The maximum atomic E-state index is 12.9. The van der Waals surface area contributed by atoms with Crippen LogP contribution in [0.2, 0.25) is 0 Å². The van der Waals surface area contributed by atoms with Crippen LogP contribution in [-0.4, -0.2) is 67.4 Å². The molecule has 0 bridgehead atoms. The predicted octanol–water partition coefficient (Wildman–Crippen LogP) is 2.85. The molecule has 1 aromatic carbocycles. The summed E-state index contributed by atoms with van der Waals surface area (Å²) >= 11 is 0. The molecule has 0 spiro atoms. The second kappa shape index (κ2) is 8.87. The number of para-hydroxylation sites is 1. The molecule has 0 amide bonds. The molecule has 8 heteroatoms. The zero-order valence-corrected chi connectivity index (χ0v) is 18.3. The Morgan fingerprint density at radius 2 is 1.90 bits per heavy atom. The molecule has 0 aliphatic heterocycles. The van der Waals surface area contributed by atoms with E-state index in [9.17, 15) is 4.79 Å². The van der Waals surface area contributed by atoms with E-state index in [1.54, 1.807) is 17.9 Å². The van der Waals surface area contributed by atoms with Crippen molar-refractivity contribution in [3.8, 4) is 11.3 Å². The third-order valence-corrected chi connectivity index (χ3v) is 5.31. The first-order valence-corrected chi connectivity index (χ1v) is 10.2.